The first-order valence-corrected chi connectivity index (χ1v) is 11.2. The van der Waals surface area contributed by atoms with E-state index in [-0.39, 0.29) is 5.91 Å². The summed E-state index contributed by atoms with van der Waals surface area (Å²) in [5.74, 6) is 0.537. The first-order chi connectivity index (χ1) is 15.7. The summed E-state index contributed by atoms with van der Waals surface area (Å²) in [6.45, 7) is 5.10. The summed E-state index contributed by atoms with van der Waals surface area (Å²) >= 11 is 5.94. The number of rotatable bonds is 5. The second-order valence-corrected chi connectivity index (χ2v) is 8.45. The third-order valence-corrected chi connectivity index (χ3v) is 6.00. The number of nitrogens with zero attached hydrogens (tertiary/aromatic N) is 1. The van der Waals surface area contributed by atoms with Crippen molar-refractivity contribution in [2.75, 3.05) is 31.5 Å². The number of piperazine rings is 1. The maximum absolute atomic E-state index is 12.7. The number of amides is 1. The molecule has 5 nitrogen and oxygen atoms in total. The number of anilines is 1. The van der Waals surface area contributed by atoms with Crippen molar-refractivity contribution in [1.29, 1.82) is 0 Å². The molecule has 162 valence electrons. The Morgan fingerprint density at radius 1 is 1.00 bits per heavy atom. The first kappa shape index (κ1) is 20.8. The van der Waals surface area contributed by atoms with Crippen LogP contribution < -0.4 is 10.6 Å². The van der Waals surface area contributed by atoms with Crippen molar-refractivity contribution < 1.29 is 9.21 Å². The molecule has 0 spiro atoms. The fraction of sp³-hybridized carbons (Fsp3) is 0.192. The van der Waals surface area contributed by atoms with Crippen LogP contribution in [0.4, 0.5) is 5.69 Å². The summed E-state index contributed by atoms with van der Waals surface area (Å²) in [7, 11) is 0. The van der Waals surface area contributed by atoms with Gasteiger partial charge in [-0.1, -0.05) is 35.9 Å². The van der Waals surface area contributed by atoms with E-state index in [0.29, 0.717) is 16.3 Å². The Bertz CT molecular complexity index is 1240. The molecule has 0 bridgehead atoms. The van der Waals surface area contributed by atoms with Gasteiger partial charge in [0.2, 0.25) is 0 Å². The molecule has 1 aliphatic rings. The summed E-state index contributed by atoms with van der Waals surface area (Å²) in [4.78, 5) is 15.2. The van der Waals surface area contributed by atoms with E-state index >= 15 is 0 Å². The second-order valence-electron chi connectivity index (χ2n) is 8.02. The average Bonchev–Trinajstić information content (AvgIpc) is 3.24. The highest BCUT2D eigenvalue weighted by Crippen LogP contribution is 2.33. The number of furan rings is 1. The normalized spacial score (nSPS) is 14.5. The molecule has 1 aromatic heterocycles. The van der Waals surface area contributed by atoms with E-state index < -0.39 is 0 Å². The lowest BCUT2D eigenvalue weighted by Crippen LogP contribution is -2.42. The van der Waals surface area contributed by atoms with Gasteiger partial charge in [0.05, 0.1) is 5.69 Å². The Morgan fingerprint density at radius 3 is 2.59 bits per heavy atom. The van der Waals surface area contributed by atoms with Crippen molar-refractivity contribution >= 4 is 34.2 Å². The van der Waals surface area contributed by atoms with Gasteiger partial charge in [0.15, 0.2) is 0 Å². The molecule has 0 unspecified atom stereocenters. The van der Waals surface area contributed by atoms with Gasteiger partial charge in [-0.2, -0.15) is 0 Å². The van der Waals surface area contributed by atoms with Crippen LogP contribution in [0.1, 0.15) is 15.9 Å². The van der Waals surface area contributed by atoms with Gasteiger partial charge in [-0.05, 0) is 54.1 Å². The van der Waals surface area contributed by atoms with Crippen LogP contribution in [0.5, 0.6) is 0 Å². The monoisotopic (exact) mass is 445 g/mol. The molecule has 0 saturated carbocycles. The zero-order valence-corrected chi connectivity index (χ0v) is 18.4. The molecule has 4 aromatic rings. The number of hydrogen-bond donors (Lipinski definition) is 2. The number of halogens is 1. The van der Waals surface area contributed by atoms with E-state index in [1.165, 1.54) is 5.56 Å². The van der Waals surface area contributed by atoms with Gasteiger partial charge >= 0.3 is 0 Å². The molecule has 2 N–H and O–H groups in total. The standard InChI is InChI=1S/C26H24ClN3O2/c27-21-9-7-19(8-10-21)26(31)29-23-4-2-1-3-22(23)25-16-20-6-5-18(15-24(20)32-25)17-30-13-11-28-12-14-30/h1-10,15-16,28H,11-14,17H2,(H,29,31). The molecule has 3 aromatic carbocycles. The quantitative estimate of drug-likeness (QED) is 0.431. The SMILES string of the molecule is O=C(Nc1ccccc1-c1cc2ccc(CN3CCNCC3)cc2o1)c1ccc(Cl)cc1. The third-order valence-electron chi connectivity index (χ3n) is 5.75. The number of fused-ring (bicyclic) bond motifs is 1. The van der Waals surface area contributed by atoms with Gasteiger partial charge in [-0.3, -0.25) is 9.69 Å². The average molecular weight is 446 g/mol. The fourth-order valence-electron chi connectivity index (χ4n) is 4.04. The largest absolute Gasteiger partial charge is 0.456 e. The molecule has 5 rings (SSSR count). The van der Waals surface area contributed by atoms with Gasteiger partial charge in [-0.25, -0.2) is 0 Å². The molecule has 2 heterocycles. The summed E-state index contributed by atoms with van der Waals surface area (Å²) in [5, 5.41) is 8.03. The smallest absolute Gasteiger partial charge is 0.255 e. The molecular weight excluding hydrogens is 422 g/mol. The Morgan fingerprint density at radius 2 is 1.78 bits per heavy atom. The molecule has 1 aliphatic heterocycles. The highest BCUT2D eigenvalue weighted by atomic mass is 35.5. The summed E-state index contributed by atoms with van der Waals surface area (Å²) in [6.07, 6.45) is 0. The fourth-order valence-corrected chi connectivity index (χ4v) is 4.16. The molecule has 0 atom stereocenters. The molecule has 1 fully saturated rings. The van der Waals surface area contributed by atoms with E-state index in [1.807, 2.05) is 30.3 Å². The Kier molecular flexibility index (Phi) is 5.95. The Balaban J connectivity index is 1.40. The van der Waals surface area contributed by atoms with Gasteiger partial charge in [-0.15, -0.1) is 0 Å². The predicted molar refractivity (Wildman–Crippen MR) is 129 cm³/mol. The van der Waals surface area contributed by atoms with Crippen LogP contribution >= 0.6 is 11.6 Å². The topological polar surface area (TPSA) is 57.5 Å². The maximum Gasteiger partial charge on any atom is 0.255 e. The number of hydrogen-bond acceptors (Lipinski definition) is 4. The number of para-hydroxylation sites is 1. The van der Waals surface area contributed by atoms with Crippen LogP contribution in [0.2, 0.25) is 5.02 Å². The van der Waals surface area contributed by atoms with Gasteiger partial charge in [0.1, 0.15) is 11.3 Å². The molecular formula is C26H24ClN3O2. The van der Waals surface area contributed by atoms with Crippen molar-refractivity contribution in [1.82, 2.24) is 10.2 Å². The van der Waals surface area contributed by atoms with Crippen LogP contribution in [-0.4, -0.2) is 37.0 Å². The Hall–Kier alpha value is -3.12. The summed E-state index contributed by atoms with van der Waals surface area (Å²) in [5.41, 5.74) is 4.18. The minimum absolute atomic E-state index is 0.191. The zero-order valence-electron chi connectivity index (χ0n) is 17.6. The predicted octanol–water partition coefficient (Wildman–Crippen LogP) is 5.41. The van der Waals surface area contributed by atoms with Gasteiger partial charge in [0.25, 0.3) is 5.91 Å². The lowest BCUT2D eigenvalue weighted by Gasteiger charge is -2.27. The Labute approximate surface area is 192 Å². The zero-order chi connectivity index (χ0) is 21.9. The highest BCUT2D eigenvalue weighted by molar-refractivity contribution is 6.30. The van der Waals surface area contributed by atoms with Gasteiger partial charge < -0.3 is 15.1 Å². The van der Waals surface area contributed by atoms with E-state index in [1.54, 1.807) is 24.3 Å². The molecule has 0 aliphatic carbocycles. The van der Waals surface area contributed by atoms with E-state index in [0.717, 1.165) is 55.0 Å². The van der Waals surface area contributed by atoms with E-state index in [4.69, 9.17) is 16.0 Å². The van der Waals surface area contributed by atoms with Crippen molar-refractivity contribution in [3.8, 4) is 11.3 Å². The van der Waals surface area contributed by atoms with Crippen LogP contribution in [0.15, 0.2) is 77.2 Å². The van der Waals surface area contributed by atoms with E-state index in [2.05, 4.69) is 33.7 Å². The lowest BCUT2D eigenvalue weighted by atomic mass is 10.1. The van der Waals surface area contributed by atoms with Crippen molar-refractivity contribution in [2.45, 2.75) is 6.54 Å². The maximum atomic E-state index is 12.7. The second kappa shape index (κ2) is 9.17. The van der Waals surface area contributed by atoms with Crippen LogP contribution in [0, 0.1) is 0 Å². The number of carbonyl (C=O) groups is 1. The van der Waals surface area contributed by atoms with Crippen LogP contribution in [0.25, 0.3) is 22.3 Å². The van der Waals surface area contributed by atoms with Crippen molar-refractivity contribution in [3.05, 3.63) is 88.9 Å². The highest BCUT2D eigenvalue weighted by Gasteiger charge is 2.15. The van der Waals surface area contributed by atoms with Crippen LogP contribution in [0.3, 0.4) is 0 Å². The molecule has 6 heteroatoms. The molecule has 0 radical (unpaired) electrons. The minimum Gasteiger partial charge on any atom is -0.456 e. The molecule has 1 saturated heterocycles. The minimum atomic E-state index is -0.191. The van der Waals surface area contributed by atoms with Gasteiger partial charge in [0, 0.05) is 54.3 Å². The molecule has 1 amide bonds. The summed E-state index contributed by atoms with van der Waals surface area (Å²) < 4.78 is 6.23. The van der Waals surface area contributed by atoms with Crippen LogP contribution in [-0.2, 0) is 6.54 Å². The number of carbonyl (C=O) groups excluding carboxylic acids is 1. The molecule has 32 heavy (non-hydrogen) atoms. The summed E-state index contributed by atoms with van der Waals surface area (Å²) in [6, 6.07) is 22.9. The van der Waals surface area contributed by atoms with Crippen molar-refractivity contribution in [2.24, 2.45) is 0 Å². The first-order valence-electron chi connectivity index (χ1n) is 10.8. The van der Waals surface area contributed by atoms with Crippen molar-refractivity contribution in [3.63, 3.8) is 0 Å². The number of benzene rings is 3. The third kappa shape index (κ3) is 4.55. The lowest BCUT2D eigenvalue weighted by molar-refractivity contribution is 0.102. The number of nitrogens with one attached hydrogen (secondary N) is 2. The van der Waals surface area contributed by atoms with E-state index in [9.17, 15) is 4.79 Å².